The molecule has 4 N–H and O–H groups in total. The van der Waals surface area contributed by atoms with E-state index in [1.54, 1.807) is 24.3 Å². The van der Waals surface area contributed by atoms with Gasteiger partial charge in [0, 0.05) is 0 Å². The van der Waals surface area contributed by atoms with Crippen molar-refractivity contribution in [2.75, 3.05) is 11.5 Å². The lowest BCUT2D eigenvalue weighted by atomic mass is 10.1. The number of carbonyl (C=O) groups excluding carboxylic acids is 1. The predicted octanol–water partition coefficient (Wildman–Crippen LogP) is 1.97. The second-order valence-corrected chi connectivity index (χ2v) is 5.34. The van der Waals surface area contributed by atoms with Crippen LogP contribution in [0.4, 0.5) is 11.9 Å². The van der Waals surface area contributed by atoms with Gasteiger partial charge in [-0.3, -0.25) is 0 Å². The Labute approximate surface area is 149 Å². The van der Waals surface area contributed by atoms with Crippen LogP contribution in [0, 0.1) is 0 Å². The van der Waals surface area contributed by atoms with Gasteiger partial charge in [-0.25, -0.2) is 4.79 Å². The average Bonchev–Trinajstić information content (AvgIpc) is 2.65. The molecule has 0 aliphatic rings. The summed E-state index contributed by atoms with van der Waals surface area (Å²) in [5, 5.41) is 0. The summed E-state index contributed by atoms with van der Waals surface area (Å²) in [7, 11) is 0. The minimum Gasteiger partial charge on any atom is -0.489 e. The first-order chi connectivity index (χ1) is 12.6. The summed E-state index contributed by atoms with van der Waals surface area (Å²) in [5.74, 6) is 0.429. The van der Waals surface area contributed by atoms with E-state index >= 15 is 0 Å². The van der Waals surface area contributed by atoms with Crippen molar-refractivity contribution in [3.8, 4) is 5.75 Å². The molecule has 3 aromatic rings. The second kappa shape index (κ2) is 7.93. The third-order valence-corrected chi connectivity index (χ3v) is 3.39. The molecule has 0 fully saturated rings. The molecule has 26 heavy (non-hydrogen) atoms. The van der Waals surface area contributed by atoms with Crippen LogP contribution in [0.5, 0.6) is 5.75 Å². The maximum absolute atomic E-state index is 12.1. The third kappa shape index (κ3) is 4.67. The number of nitrogens with zero attached hydrogens (tertiary/aromatic N) is 3. The highest BCUT2D eigenvalue weighted by Gasteiger charge is 2.10. The van der Waals surface area contributed by atoms with Gasteiger partial charge in [0.2, 0.25) is 11.9 Å². The van der Waals surface area contributed by atoms with Crippen LogP contribution >= 0.6 is 0 Å². The summed E-state index contributed by atoms with van der Waals surface area (Å²) in [6.45, 7) is 0.261. The fourth-order valence-corrected chi connectivity index (χ4v) is 2.16. The minimum absolute atomic E-state index is 0.0219. The molecule has 0 unspecified atom stereocenters. The Kier molecular flexibility index (Phi) is 5.23. The van der Waals surface area contributed by atoms with E-state index < -0.39 is 5.97 Å². The minimum atomic E-state index is -0.502. The number of aromatic nitrogens is 3. The molecule has 0 aliphatic heterocycles. The molecule has 0 saturated carbocycles. The zero-order valence-corrected chi connectivity index (χ0v) is 13.8. The van der Waals surface area contributed by atoms with Gasteiger partial charge in [0.25, 0.3) is 0 Å². The zero-order chi connectivity index (χ0) is 18.4. The topological polar surface area (TPSA) is 126 Å². The molecular formula is C18H17N5O3. The van der Waals surface area contributed by atoms with Crippen LogP contribution in [0.1, 0.15) is 21.7 Å². The standard InChI is InChI=1S/C18H17N5O3/c19-17-21-15(22-18(20)23-17)11-26-16(24)13-8-6-12(7-9-13)10-25-14-4-2-1-3-5-14/h1-9H,10-11H2,(H4,19,20,21,22,23). The Bertz CT molecular complexity index is 865. The molecule has 0 aliphatic carbocycles. The summed E-state index contributed by atoms with van der Waals surface area (Å²) in [6.07, 6.45) is 0. The van der Waals surface area contributed by atoms with Crippen molar-refractivity contribution >= 4 is 17.9 Å². The van der Waals surface area contributed by atoms with Gasteiger partial charge in [-0.1, -0.05) is 30.3 Å². The maximum atomic E-state index is 12.1. The molecular weight excluding hydrogens is 334 g/mol. The number of ether oxygens (including phenoxy) is 2. The lowest BCUT2D eigenvalue weighted by Gasteiger charge is -2.07. The molecule has 1 heterocycles. The number of hydrogen-bond acceptors (Lipinski definition) is 8. The molecule has 0 atom stereocenters. The summed E-state index contributed by atoms with van der Waals surface area (Å²) >= 11 is 0. The Morgan fingerprint density at radius 2 is 1.50 bits per heavy atom. The van der Waals surface area contributed by atoms with Crippen LogP contribution in [-0.4, -0.2) is 20.9 Å². The highest BCUT2D eigenvalue weighted by atomic mass is 16.5. The molecule has 0 spiro atoms. The molecule has 8 heteroatoms. The first-order valence-electron chi connectivity index (χ1n) is 7.80. The number of anilines is 2. The fourth-order valence-electron chi connectivity index (χ4n) is 2.16. The predicted molar refractivity (Wildman–Crippen MR) is 95.0 cm³/mol. The lowest BCUT2D eigenvalue weighted by Crippen LogP contribution is -2.11. The lowest BCUT2D eigenvalue weighted by molar-refractivity contribution is 0.0462. The van der Waals surface area contributed by atoms with Crippen molar-refractivity contribution < 1.29 is 14.3 Å². The van der Waals surface area contributed by atoms with Gasteiger partial charge in [-0.05, 0) is 29.8 Å². The summed E-state index contributed by atoms with van der Waals surface area (Å²) in [6, 6.07) is 16.4. The summed E-state index contributed by atoms with van der Waals surface area (Å²) in [5.41, 5.74) is 12.3. The molecule has 0 saturated heterocycles. The SMILES string of the molecule is Nc1nc(N)nc(COC(=O)c2ccc(COc3ccccc3)cc2)n1. The van der Waals surface area contributed by atoms with E-state index in [2.05, 4.69) is 15.0 Å². The van der Waals surface area contributed by atoms with E-state index in [1.807, 2.05) is 30.3 Å². The smallest absolute Gasteiger partial charge is 0.338 e. The van der Waals surface area contributed by atoms with Gasteiger partial charge in [0.15, 0.2) is 12.4 Å². The number of benzene rings is 2. The van der Waals surface area contributed by atoms with Crippen molar-refractivity contribution in [2.45, 2.75) is 13.2 Å². The Balaban J connectivity index is 1.54. The maximum Gasteiger partial charge on any atom is 0.338 e. The molecule has 0 bridgehead atoms. The molecule has 2 aromatic carbocycles. The molecule has 0 amide bonds. The number of esters is 1. The van der Waals surface area contributed by atoms with E-state index in [0.717, 1.165) is 11.3 Å². The average molecular weight is 351 g/mol. The fraction of sp³-hybridized carbons (Fsp3) is 0.111. The molecule has 132 valence electrons. The van der Waals surface area contributed by atoms with Crippen molar-refractivity contribution in [3.63, 3.8) is 0 Å². The molecule has 8 nitrogen and oxygen atoms in total. The van der Waals surface area contributed by atoms with E-state index in [9.17, 15) is 4.79 Å². The number of hydrogen-bond donors (Lipinski definition) is 2. The molecule has 0 radical (unpaired) electrons. The summed E-state index contributed by atoms with van der Waals surface area (Å²) in [4.78, 5) is 23.4. The van der Waals surface area contributed by atoms with E-state index in [-0.39, 0.29) is 24.3 Å². The molecule has 3 rings (SSSR count). The molecule has 1 aromatic heterocycles. The highest BCUT2D eigenvalue weighted by molar-refractivity contribution is 5.89. The second-order valence-electron chi connectivity index (χ2n) is 5.34. The number of para-hydroxylation sites is 1. The Morgan fingerprint density at radius 3 is 2.15 bits per heavy atom. The van der Waals surface area contributed by atoms with Crippen molar-refractivity contribution in [3.05, 3.63) is 71.5 Å². The number of nitrogen functional groups attached to an aromatic ring is 2. The van der Waals surface area contributed by atoms with Gasteiger partial charge < -0.3 is 20.9 Å². The van der Waals surface area contributed by atoms with Crippen LogP contribution in [-0.2, 0) is 18.0 Å². The van der Waals surface area contributed by atoms with Gasteiger partial charge in [-0.15, -0.1) is 0 Å². The van der Waals surface area contributed by atoms with Crippen LogP contribution in [0.25, 0.3) is 0 Å². The third-order valence-electron chi connectivity index (χ3n) is 3.39. The zero-order valence-electron chi connectivity index (χ0n) is 13.8. The quantitative estimate of drug-likeness (QED) is 0.645. The highest BCUT2D eigenvalue weighted by Crippen LogP contribution is 2.13. The van der Waals surface area contributed by atoms with Gasteiger partial charge >= 0.3 is 5.97 Å². The van der Waals surface area contributed by atoms with Gasteiger partial charge in [0.05, 0.1) is 5.56 Å². The van der Waals surface area contributed by atoms with Gasteiger partial charge in [0.1, 0.15) is 12.4 Å². The van der Waals surface area contributed by atoms with Crippen LogP contribution in [0.15, 0.2) is 54.6 Å². The van der Waals surface area contributed by atoms with Crippen LogP contribution in [0.2, 0.25) is 0 Å². The number of rotatable bonds is 6. The Morgan fingerprint density at radius 1 is 0.846 bits per heavy atom. The van der Waals surface area contributed by atoms with Crippen molar-refractivity contribution in [2.24, 2.45) is 0 Å². The largest absolute Gasteiger partial charge is 0.489 e. The van der Waals surface area contributed by atoms with Crippen LogP contribution < -0.4 is 16.2 Å². The van der Waals surface area contributed by atoms with Crippen molar-refractivity contribution in [1.29, 1.82) is 0 Å². The normalized spacial score (nSPS) is 10.3. The van der Waals surface area contributed by atoms with E-state index in [4.69, 9.17) is 20.9 Å². The first-order valence-corrected chi connectivity index (χ1v) is 7.80. The Hall–Kier alpha value is -3.68. The van der Waals surface area contributed by atoms with Crippen molar-refractivity contribution in [1.82, 2.24) is 15.0 Å². The number of carbonyl (C=O) groups is 1. The van der Waals surface area contributed by atoms with E-state index in [0.29, 0.717) is 12.2 Å². The monoisotopic (exact) mass is 351 g/mol. The first kappa shape index (κ1) is 17.2. The van der Waals surface area contributed by atoms with Crippen LogP contribution in [0.3, 0.4) is 0 Å². The van der Waals surface area contributed by atoms with E-state index in [1.165, 1.54) is 0 Å². The summed E-state index contributed by atoms with van der Waals surface area (Å²) < 4.78 is 10.8. The number of nitrogens with two attached hydrogens (primary N) is 2. The van der Waals surface area contributed by atoms with Gasteiger partial charge in [-0.2, -0.15) is 15.0 Å².